The van der Waals surface area contributed by atoms with Crippen LogP contribution in [0.1, 0.15) is 39.5 Å². The summed E-state index contributed by atoms with van der Waals surface area (Å²) in [6.07, 6.45) is 5.32. The number of carbonyl (C=O) groups is 1. The molecule has 0 atom stereocenters. The van der Waals surface area contributed by atoms with Crippen molar-refractivity contribution >= 4 is 28.7 Å². The molecular formula is C26H31O2P. The van der Waals surface area contributed by atoms with E-state index in [2.05, 4.69) is 79.7 Å². The third-order valence-corrected chi connectivity index (χ3v) is 11.7. The van der Waals surface area contributed by atoms with Crippen molar-refractivity contribution in [1.29, 1.82) is 0 Å². The molecule has 2 nitrogen and oxygen atoms in total. The maximum atomic E-state index is 12.7. The third kappa shape index (κ3) is 4.00. The summed E-state index contributed by atoms with van der Waals surface area (Å²) >= 11 is 0. The molecule has 0 aliphatic carbocycles. The second kappa shape index (κ2) is 9.37. The van der Waals surface area contributed by atoms with E-state index in [0.717, 1.165) is 34.9 Å². The Morgan fingerprint density at radius 3 is 1.45 bits per heavy atom. The summed E-state index contributed by atoms with van der Waals surface area (Å²) in [5.41, 5.74) is 0. The molecule has 0 aliphatic rings. The molecule has 0 spiro atoms. The standard InChI is InChI=1S/C26H31O2P/c1-3-4-5-15-22-29(28-23(2)27,24-16-9-6-10-17-24,25-18-11-7-12-19-25)26-20-13-8-14-21-26/h6-14,16-21H,3-5,15,22H2,1-2H3. The topological polar surface area (TPSA) is 26.3 Å². The van der Waals surface area contributed by atoms with Crippen molar-refractivity contribution in [3.05, 3.63) is 91.0 Å². The van der Waals surface area contributed by atoms with Crippen LogP contribution in [0.3, 0.4) is 0 Å². The number of hydrogen-bond acceptors (Lipinski definition) is 2. The Morgan fingerprint density at radius 2 is 1.10 bits per heavy atom. The molecule has 0 aromatic heterocycles. The summed E-state index contributed by atoms with van der Waals surface area (Å²) in [7, 11) is 0. The molecule has 0 unspecified atom stereocenters. The fourth-order valence-corrected chi connectivity index (χ4v) is 10.3. The average molecular weight is 407 g/mol. The van der Waals surface area contributed by atoms with Gasteiger partial charge in [-0.05, 0) is 0 Å². The van der Waals surface area contributed by atoms with Crippen LogP contribution in [0.5, 0.6) is 0 Å². The van der Waals surface area contributed by atoms with Gasteiger partial charge in [0.05, 0.1) is 0 Å². The maximum absolute atomic E-state index is 12.7. The third-order valence-electron chi connectivity index (χ3n) is 5.68. The van der Waals surface area contributed by atoms with Crippen LogP contribution >= 0.6 is 6.83 Å². The predicted octanol–water partition coefficient (Wildman–Crippen LogP) is 5.57. The van der Waals surface area contributed by atoms with Gasteiger partial charge in [0.25, 0.3) is 0 Å². The Hall–Kier alpha value is -2.44. The zero-order chi connectivity index (χ0) is 20.6. The Balaban J connectivity index is 2.38. The molecule has 3 aromatic rings. The van der Waals surface area contributed by atoms with Crippen LogP contribution in [0.15, 0.2) is 91.0 Å². The molecule has 3 rings (SSSR count). The molecule has 0 aliphatic heterocycles. The van der Waals surface area contributed by atoms with E-state index in [1.165, 1.54) is 12.8 Å². The zero-order valence-corrected chi connectivity index (χ0v) is 18.4. The van der Waals surface area contributed by atoms with Gasteiger partial charge in [-0.15, -0.1) is 0 Å². The Kier molecular flexibility index (Phi) is 6.87. The van der Waals surface area contributed by atoms with Crippen molar-refractivity contribution in [2.45, 2.75) is 39.5 Å². The summed E-state index contributed by atoms with van der Waals surface area (Å²) in [6.45, 7) is 0.309. The average Bonchev–Trinajstić information content (AvgIpc) is 2.78. The van der Waals surface area contributed by atoms with Gasteiger partial charge in [-0.25, -0.2) is 0 Å². The van der Waals surface area contributed by atoms with E-state index in [0.29, 0.717) is 0 Å². The van der Waals surface area contributed by atoms with Crippen LogP contribution in [-0.4, -0.2) is 12.1 Å². The first kappa shape index (κ1) is 21.3. The van der Waals surface area contributed by atoms with Gasteiger partial charge in [-0.3, -0.25) is 0 Å². The summed E-state index contributed by atoms with van der Waals surface area (Å²) in [5.74, 6) is -0.227. The monoisotopic (exact) mass is 406 g/mol. The molecule has 0 amide bonds. The normalized spacial score (nSPS) is 12.7. The van der Waals surface area contributed by atoms with Crippen LogP contribution in [0.4, 0.5) is 0 Å². The Morgan fingerprint density at radius 1 is 0.690 bits per heavy atom. The van der Waals surface area contributed by atoms with Gasteiger partial charge in [0.2, 0.25) is 0 Å². The van der Waals surface area contributed by atoms with E-state index in [4.69, 9.17) is 4.52 Å². The summed E-state index contributed by atoms with van der Waals surface area (Å²) < 4.78 is 6.66. The van der Waals surface area contributed by atoms with E-state index in [9.17, 15) is 4.79 Å². The predicted molar refractivity (Wildman–Crippen MR) is 126 cm³/mol. The Labute approximate surface area is 174 Å². The minimum atomic E-state index is -3.45. The molecule has 3 heteroatoms. The van der Waals surface area contributed by atoms with Crippen LogP contribution in [-0.2, 0) is 9.32 Å². The van der Waals surface area contributed by atoms with Gasteiger partial charge in [0, 0.05) is 0 Å². The molecule has 152 valence electrons. The van der Waals surface area contributed by atoms with Crippen molar-refractivity contribution in [1.82, 2.24) is 0 Å². The second-order valence-corrected chi connectivity index (χ2v) is 12.2. The van der Waals surface area contributed by atoms with Crippen molar-refractivity contribution in [2.75, 3.05) is 6.16 Å². The minimum absolute atomic E-state index is 0.227. The zero-order valence-electron chi connectivity index (χ0n) is 17.5. The van der Waals surface area contributed by atoms with Crippen LogP contribution in [0, 0.1) is 0 Å². The molecule has 0 radical (unpaired) electrons. The molecule has 0 heterocycles. The number of carbonyl (C=O) groups excluding carboxylic acids is 1. The molecule has 0 N–H and O–H groups in total. The Bertz CT molecular complexity index is 808. The van der Waals surface area contributed by atoms with E-state index in [1.807, 2.05) is 18.2 Å². The molecule has 29 heavy (non-hydrogen) atoms. The van der Waals surface area contributed by atoms with Gasteiger partial charge < -0.3 is 0 Å². The van der Waals surface area contributed by atoms with Crippen molar-refractivity contribution in [3.63, 3.8) is 0 Å². The molecule has 0 saturated carbocycles. The molecule has 0 fully saturated rings. The molecule has 0 bridgehead atoms. The number of hydrogen-bond donors (Lipinski definition) is 0. The first-order chi connectivity index (χ1) is 14.1. The number of benzene rings is 3. The van der Waals surface area contributed by atoms with Gasteiger partial charge in [-0.2, -0.15) is 0 Å². The summed E-state index contributed by atoms with van der Waals surface area (Å²) in [6, 6.07) is 31.2. The van der Waals surface area contributed by atoms with Gasteiger partial charge in [0.1, 0.15) is 0 Å². The summed E-state index contributed by atoms with van der Waals surface area (Å²) in [4.78, 5) is 12.7. The van der Waals surface area contributed by atoms with E-state index >= 15 is 0 Å². The van der Waals surface area contributed by atoms with E-state index in [1.54, 1.807) is 6.92 Å². The van der Waals surface area contributed by atoms with Gasteiger partial charge >= 0.3 is 175 Å². The van der Waals surface area contributed by atoms with E-state index < -0.39 is 6.83 Å². The fraction of sp³-hybridized carbons (Fsp3) is 0.269. The van der Waals surface area contributed by atoms with Crippen LogP contribution < -0.4 is 15.9 Å². The number of unbranched alkanes of at least 4 members (excludes halogenated alkanes) is 3. The quantitative estimate of drug-likeness (QED) is 0.343. The first-order valence-electron chi connectivity index (χ1n) is 10.5. The van der Waals surface area contributed by atoms with Gasteiger partial charge in [-0.1, -0.05) is 0 Å². The SMILES string of the molecule is CCCCCCP(OC(C)=O)(c1ccccc1)(c1ccccc1)c1ccccc1. The van der Waals surface area contributed by atoms with Crippen LogP contribution in [0.2, 0.25) is 0 Å². The molecular weight excluding hydrogens is 375 g/mol. The fourth-order valence-electron chi connectivity index (χ4n) is 4.39. The molecule has 0 saturated heterocycles. The first-order valence-corrected chi connectivity index (χ1v) is 12.9. The second-order valence-electron chi connectivity index (χ2n) is 7.59. The van der Waals surface area contributed by atoms with Crippen molar-refractivity contribution in [3.8, 4) is 0 Å². The summed E-state index contributed by atoms with van der Waals surface area (Å²) in [5, 5.41) is 3.34. The van der Waals surface area contributed by atoms with Crippen molar-refractivity contribution < 1.29 is 9.32 Å². The van der Waals surface area contributed by atoms with Crippen molar-refractivity contribution in [2.24, 2.45) is 0 Å². The van der Waals surface area contributed by atoms with E-state index in [-0.39, 0.29) is 5.97 Å². The number of rotatable bonds is 9. The van der Waals surface area contributed by atoms with Crippen LogP contribution in [0.25, 0.3) is 0 Å². The molecule has 3 aromatic carbocycles. The van der Waals surface area contributed by atoms with Gasteiger partial charge in [0.15, 0.2) is 0 Å².